The molecule has 0 fully saturated rings. The molecule has 9 heteroatoms. The molecule has 0 rings (SSSR count). The van der Waals surface area contributed by atoms with Crippen molar-refractivity contribution in [2.75, 3.05) is 6.61 Å². The molecule has 0 spiro atoms. The van der Waals surface area contributed by atoms with Gasteiger partial charge in [0.05, 0.1) is 0 Å². The third-order valence-electron chi connectivity index (χ3n) is 1.28. The third kappa shape index (κ3) is 2.41. The van der Waals surface area contributed by atoms with Crippen LogP contribution in [0, 0.1) is 0 Å². The molecule has 0 radical (unpaired) electrons. The van der Waals surface area contributed by atoms with E-state index >= 15 is 0 Å². The molecule has 0 aromatic heterocycles. The Balaban J connectivity index is 4.94. The quantitative estimate of drug-likeness (QED) is 0.598. The third-order valence-corrected chi connectivity index (χ3v) is 1.53. The topological polar surface area (TPSA) is 20.2 Å². The standard InChI is InChI=1S/C5H4ClF7O/c6-5(12,13)4(10,11)2(7)3(8,9)1-14/h2,14H,1H2/t2-/m0/s1. The number of alkyl halides is 8. The Morgan fingerprint density at radius 1 is 1.07 bits per heavy atom. The fourth-order valence-electron chi connectivity index (χ4n) is 0.489. The van der Waals surface area contributed by atoms with Crippen molar-refractivity contribution >= 4 is 11.6 Å². The minimum Gasteiger partial charge on any atom is -0.390 e. The van der Waals surface area contributed by atoms with E-state index < -0.39 is 30.0 Å². The molecule has 0 aromatic carbocycles. The molecule has 0 amide bonds. The Hall–Kier alpha value is -0.240. The Labute approximate surface area is 78.5 Å². The summed E-state index contributed by atoms with van der Waals surface area (Å²) in [5.41, 5.74) is 0. The van der Waals surface area contributed by atoms with Crippen LogP contribution in [0.15, 0.2) is 0 Å². The minimum atomic E-state index is -5.76. The van der Waals surface area contributed by atoms with E-state index in [9.17, 15) is 30.7 Å². The highest BCUT2D eigenvalue weighted by molar-refractivity contribution is 6.22. The van der Waals surface area contributed by atoms with Gasteiger partial charge in [-0.05, 0) is 11.6 Å². The first-order valence-electron chi connectivity index (χ1n) is 3.04. The zero-order chi connectivity index (χ0) is 11.8. The van der Waals surface area contributed by atoms with Crippen LogP contribution in [0.2, 0.25) is 0 Å². The lowest BCUT2D eigenvalue weighted by Crippen LogP contribution is -2.53. The molecule has 0 heterocycles. The number of rotatable bonds is 4. The van der Waals surface area contributed by atoms with Gasteiger partial charge in [0, 0.05) is 0 Å². The molecule has 0 aliphatic carbocycles. The van der Waals surface area contributed by atoms with Gasteiger partial charge in [-0.15, -0.1) is 0 Å². The number of aliphatic hydroxyl groups is 1. The maximum absolute atomic E-state index is 12.2. The van der Waals surface area contributed by atoms with Crippen molar-refractivity contribution in [3.05, 3.63) is 0 Å². The predicted octanol–water partition coefficient (Wildman–Crippen LogP) is 2.42. The van der Waals surface area contributed by atoms with Crippen molar-refractivity contribution in [3.8, 4) is 0 Å². The van der Waals surface area contributed by atoms with Gasteiger partial charge in [0.2, 0.25) is 6.17 Å². The van der Waals surface area contributed by atoms with E-state index in [1.165, 1.54) is 0 Å². The number of hydrogen-bond donors (Lipinski definition) is 1. The predicted molar refractivity (Wildman–Crippen MR) is 32.7 cm³/mol. The zero-order valence-electron chi connectivity index (χ0n) is 6.26. The summed E-state index contributed by atoms with van der Waals surface area (Å²) >= 11 is 3.74. The lowest BCUT2D eigenvalue weighted by atomic mass is 10.1. The monoisotopic (exact) mass is 248 g/mol. The van der Waals surface area contributed by atoms with Gasteiger partial charge in [0.1, 0.15) is 6.61 Å². The van der Waals surface area contributed by atoms with Crippen LogP contribution in [-0.4, -0.2) is 35.1 Å². The maximum Gasteiger partial charge on any atom is 0.387 e. The van der Waals surface area contributed by atoms with Crippen molar-refractivity contribution in [1.82, 2.24) is 0 Å². The van der Waals surface area contributed by atoms with Gasteiger partial charge in [-0.3, -0.25) is 0 Å². The molecular weight excluding hydrogens is 244 g/mol. The molecule has 0 saturated heterocycles. The summed E-state index contributed by atoms with van der Waals surface area (Å²) in [6, 6.07) is 0. The van der Waals surface area contributed by atoms with Gasteiger partial charge < -0.3 is 5.11 Å². The van der Waals surface area contributed by atoms with Crippen LogP contribution in [0.25, 0.3) is 0 Å². The Morgan fingerprint density at radius 3 is 1.64 bits per heavy atom. The van der Waals surface area contributed by atoms with Gasteiger partial charge in [-0.2, -0.15) is 17.6 Å². The summed E-state index contributed by atoms with van der Waals surface area (Å²) in [5, 5.41) is 2.33. The van der Waals surface area contributed by atoms with Crippen molar-refractivity contribution in [2.24, 2.45) is 0 Å². The second-order valence-electron chi connectivity index (χ2n) is 2.40. The van der Waals surface area contributed by atoms with Gasteiger partial charge in [-0.25, -0.2) is 13.2 Å². The SMILES string of the molecule is OCC(F)(F)[C@H](F)C(F)(F)C(F)(F)Cl. The molecule has 1 nitrogen and oxygen atoms in total. The number of halogens is 8. The smallest absolute Gasteiger partial charge is 0.387 e. The lowest BCUT2D eigenvalue weighted by molar-refractivity contribution is -0.253. The highest BCUT2D eigenvalue weighted by Gasteiger charge is 2.68. The van der Waals surface area contributed by atoms with E-state index in [4.69, 9.17) is 5.11 Å². The second-order valence-corrected chi connectivity index (χ2v) is 2.88. The van der Waals surface area contributed by atoms with Crippen molar-refractivity contribution in [1.29, 1.82) is 0 Å². The highest BCUT2D eigenvalue weighted by atomic mass is 35.5. The van der Waals surface area contributed by atoms with E-state index in [0.29, 0.717) is 0 Å². The molecule has 0 saturated carbocycles. The summed E-state index contributed by atoms with van der Waals surface area (Å²) in [6.07, 6.45) is -4.56. The number of hydrogen-bond acceptors (Lipinski definition) is 1. The summed E-state index contributed by atoms with van der Waals surface area (Å²) in [5.74, 6) is -10.7. The minimum absolute atomic E-state index is 2.32. The molecule has 14 heavy (non-hydrogen) atoms. The molecule has 0 bridgehead atoms. The van der Waals surface area contributed by atoms with Crippen LogP contribution in [0.3, 0.4) is 0 Å². The van der Waals surface area contributed by atoms with Gasteiger partial charge >= 0.3 is 17.2 Å². The zero-order valence-corrected chi connectivity index (χ0v) is 7.01. The van der Waals surface area contributed by atoms with Crippen molar-refractivity contribution < 1.29 is 35.8 Å². The van der Waals surface area contributed by atoms with E-state index in [2.05, 4.69) is 11.6 Å². The Bertz CT molecular complexity index is 201. The van der Waals surface area contributed by atoms with Crippen LogP contribution in [-0.2, 0) is 0 Å². The first-order valence-corrected chi connectivity index (χ1v) is 3.42. The van der Waals surface area contributed by atoms with E-state index in [0.717, 1.165) is 0 Å². The average Bonchev–Trinajstić information content (AvgIpc) is 2.01. The van der Waals surface area contributed by atoms with Crippen LogP contribution in [0.4, 0.5) is 30.7 Å². The van der Waals surface area contributed by atoms with Crippen molar-refractivity contribution in [3.63, 3.8) is 0 Å². The molecule has 0 aromatic rings. The van der Waals surface area contributed by atoms with E-state index in [1.54, 1.807) is 0 Å². The average molecular weight is 249 g/mol. The van der Waals surface area contributed by atoms with Gasteiger partial charge in [0.25, 0.3) is 0 Å². The molecule has 1 N–H and O–H groups in total. The molecule has 86 valence electrons. The summed E-state index contributed by atoms with van der Waals surface area (Å²) in [4.78, 5) is 0. The second kappa shape index (κ2) is 3.73. The normalized spacial score (nSPS) is 16.9. The fraction of sp³-hybridized carbons (Fsp3) is 1.00. The largest absolute Gasteiger partial charge is 0.390 e. The first-order chi connectivity index (χ1) is 5.97. The van der Waals surface area contributed by atoms with Crippen LogP contribution in [0.5, 0.6) is 0 Å². The number of aliphatic hydroxyl groups excluding tert-OH is 1. The molecule has 0 unspecified atom stereocenters. The first kappa shape index (κ1) is 13.8. The Kier molecular flexibility index (Phi) is 3.66. The van der Waals surface area contributed by atoms with Gasteiger partial charge in [0.15, 0.2) is 0 Å². The van der Waals surface area contributed by atoms with Crippen molar-refractivity contribution in [2.45, 2.75) is 23.4 Å². The molecular formula is C5H4ClF7O. The van der Waals surface area contributed by atoms with Crippen LogP contribution < -0.4 is 0 Å². The highest BCUT2D eigenvalue weighted by Crippen LogP contribution is 2.45. The summed E-state index contributed by atoms with van der Waals surface area (Å²) in [7, 11) is 0. The van der Waals surface area contributed by atoms with Crippen LogP contribution in [0.1, 0.15) is 0 Å². The molecule has 0 aliphatic heterocycles. The maximum atomic E-state index is 12.2. The Morgan fingerprint density at radius 2 is 1.43 bits per heavy atom. The summed E-state index contributed by atoms with van der Waals surface area (Å²) < 4.78 is 84.3. The molecule has 1 atom stereocenters. The van der Waals surface area contributed by atoms with Crippen LogP contribution >= 0.6 is 11.6 Å². The molecule has 0 aliphatic rings. The lowest BCUT2D eigenvalue weighted by Gasteiger charge is -2.28. The fourth-order valence-corrected chi connectivity index (χ4v) is 0.585. The van der Waals surface area contributed by atoms with E-state index in [-0.39, 0.29) is 0 Å². The van der Waals surface area contributed by atoms with E-state index in [1.807, 2.05) is 0 Å². The summed E-state index contributed by atoms with van der Waals surface area (Å²) in [6.45, 7) is -2.32. The van der Waals surface area contributed by atoms with Gasteiger partial charge in [-0.1, -0.05) is 0 Å².